The molecule has 4 aromatic rings. The van der Waals surface area contributed by atoms with E-state index >= 15 is 0 Å². The Bertz CT molecular complexity index is 906. The lowest BCUT2D eigenvalue weighted by atomic mass is 10.2. The summed E-state index contributed by atoms with van der Waals surface area (Å²) in [5.41, 5.74) is 1.39. The van der Waals surface area contributed by atoms with E-state index in [4.69, 9.17) is 0 Å². The largest absolute Gasteiger partial charge is 1.00 e. The van der Waals surface area contributed by atoms with Gasteiger partial charge >= 0.3 is 0 Å². The zero-order valence-electron chi connectivity index (χ0n) is 16.4. The average molecular weight is 479 g/mol. The Morgan fingerprint density at radius 3 is 1.28 bits per heavy atom. The Hall–Kier alpha value is -1.86. The summed E-state index contributed by atoms with van der Waals surface area (Å²) in [4.78, 5) is 1.31. The van der Waals surface area contributed by atoms with Crippen molar-refractivity contribution in [3.8, 4) is 0 Å². The predicted octanol–water partition coefficient (Wildman–Crippen LogP) is 2.91. The first-order chi connectivity index (χ1) is 13.8. The smallest absolute Gasteiger partial charge is 0.116 e. The maximum Gasteiger partial charge on any atom is 0.116 e. The van der Waals surface area contributed by atoms with Gasteiger partial charge in [-0.15, -0.1) is 11.8 Å². The van der Waals surface area contributed by atoms with Crippen molar-refractivity contribution in [3.63, 3.8) is 0 Å². The van der Waals surface area contributed by atoms with Crippen LogP contribution in [-0.2, 0) is 6.16 Å². The molecule has 0 N–H and O–H groups in total. The molecule has 4 aromatic carbocycles. The van der Waals surface area contributed by atoms with E-state index in [2.05, 4.69) is 122 Å². The topological polar surface area (TPSA) is 0 Å². The molecule has 0 unspecified atom stereocenters. The molecule has 0 aromatic heterocycles. The molecule has 0 amide bonds. The van der Waals surface area contributed by atoms with Gasteiger partial charge in [-0.2, -0.15) is 0 Å². The summed E-state index contributed by atoms with van der Waals surface area (Å²) in [6.07, 6.45) is 3.16. The Labute approximate surface area is 189 Å². The van der Waals surface area contributed by atoms with Crippen LogP contribution in [0.3, 0.4) is 0 Å². The van der Waals surface area contributed by atoms with Crippen LogP contribution in [0.1, 0.15) is 5.56 Å². The second kappa shape index (κ2) is 10.3. The van der Waals surface area contributed by atoms with Gasteiger partial charge in [0.2, 0.25) is 0 Å². The lowest BCUT2D eigenvalue weighted by Crippen LogP contribution is -3.00. The van der Waals surface area contributed by atoms with Crippen LogP contribution in [0.15, 0.2) is 120 Å². The first kappa shape index (κ1) is 21.8. The van der Waals surface area contributed by atoms with Gasteiger partial charge in [0, 0.05) is 4.90 Å². The molecule has 146 valence electrons. The van der Waals surface area contributed by atoms with Crippen molar-refractivity contribution in [1.82, 2.24) is 0 Å². The molecule has 0 aliphatic carbocycles. The third-order valence-electron chi connectivity index (χ3n) is 5.17. The van der Waals surface area contributed by atoms with Crippen LogP contribution in [0.25, 0.3) is 0 Å². The summed E-state index contributed by atoms with van der Waals surface area (Å²) in [5.74, 6) is 0. The zero-order chi connectivity index (χ0) is 19.2. The Morgan fingerprint density at radius 1 is 0.552 bits per heavy atom. The van der Waals surface area contributed by atoms with Gasteiger partial charge < -0.3 is 17.0 Å². The maximum atomic E-state index is 2.31. The second-order valence-electron chi connectivity index (χ2n) is 6.82. The molecule has 0 spiro atoms. The van der Waals surface area contributed by atoms with Crippen LogP contribution in [0.5, 0.6) is 0 Å². The van der Waals surface area contributed by atoms with Crippen molar-refractivity contribution < 1.29 is 17.0 Å². The van der Waals surface area contributed by atoms with Crippen LogP contribution in [0.4, 0.5) is 0 Å². The van der Waals surface area contributed by atoms with E-state index in [1.807, 2.05) is 0 Å². The fraction of sp³-hybridized carbons (Fsp3) is 0.0769. The molecule has 0 heterocycles. The van der Waals surface area contributed by atoms with Crippen LogP contribution in [0, 0.1) is 0 Å². The lowest BCUT2D eigenvalue weighted by Gasteiger charge is -2.28. The van der Waals surface area contributed by atoms with Gasteiger partial charge in [-0.3, -0.25) is 0 Å². The van der Waals surface area contributed by atoms with Gasteiger partial charge in [0.05, 0.1) is 6.16 Å². The van der Waals surface area contributed by atoms with Crippen molar-refractivity contribution >= 4 is 34.9 Å². The Kier molecular flexibility index (Phi) is 7.72. The number of benzene rings is 4. The maximum absolute atomic E-state index is 2.31. The van der Waals surface area contributed by atoms with E-state index in [1.54, 1.807) is 11.8 Å². The lowest BCUT2D eigenvalue weighted by molar-refractivity contribution is -0.00000544. The summed E-state index contributed by atoms with van der Waals surface area (Å²) in [6.45, 7) is 0. The third-order valence-corrected chi connectivity index (χ3v) is 10.3. The molecular weight excluding hydrogens is 455 g/mol. The summed E-state index contributed by atoms with van der Waals surface area (Å²) in [5, 5.41) is 4.30. The molecule has 0 aliphatic heterocycles. The minimum absolute atomic E-state index is 0. The van der Waals surface area contributed by atoms with Gasteiger partial charge in [-0.05, 0) is 60.4 Å². The Morgan fingerprint density at radius 2 is 0.931 bits per heavy atom. The minimum Gasteiger partial charge on any atom is -1.00 e. The molecule has 0 saturated carbocycles. The predicted molar refractivity (Wildman–Crippen MR) is 127 cm³/mol. The summed E-state index contributed by atoms with van der Waals surface area (Å²) in [7, 11) is -1.81. The summed E-state index contributed by atoms with van der Waals surface area (Å²) < 4.78 is 0. The first-order valence-corrected chi connectivity index (χ1v) is 12.7. The van der Waals surface area contributed by atoms with Gasteiger partial charge in [-0.25, -0.2) is 0 Å². The number of hydrogen-bond acceptors (Lipinski definition) is 1. The molecule has 3 heteroatoms. The normalized spacial score (nSPS) is 10.9. The Balaban J connectivity index is 0.00000240. The molecule has 0 fully saturated rings. The molecule has 0 aliphatic rings. The number of rotatable bonds is 6. The summed E-state index contributed by atoms with van der Waals surface area (Å²) >= 11 is 1.79. The van der Waals surface area contributed by atoms with Gasteiger partial charge in [-0.1, -0.05) is 66.7 Å². The van der Waals surface area contributed by atoms with Gasteiger partial charge in [0.25, 0.3) is 0 Å². The molecular formula is C26H24BrPS. The van der Waals surface area contributed by atoms with Crippen molar-refractivity contribution in [3.05, 3.63) is 121 Å². The quantitative estimate of drug-likeness (QED) is 0.303. The molecule has 4 rings (SSSR count). The zero-order valence-corrected chi connectivity index (χ0v) is 19.7. The highest BCUT2D eigenvalue weighted by atomic mass is 79.9. The fourth-order valence-corrected chi connectivity index (χ4v) is 8.43. The van der Waals surface area contributed by atoms with Crippen molar-refractivity contribution in [2.45, 2.75) is 11.1 Å². The molecule has 0 bridgehead atoms. The average Bonchev–Trinajstić information content (AvgIpc) is 2.80. The van der Waals surface area contributed by atoms with E-state index in [-0.39, 0.29) is 17.0 Å². The van der Waals surface area contributed by atoms with Crippen LogP contribution >= 0.6 is 19.0 Å². The number of hydrogen-bond donors (Lipinski definition) is 0. The summed E-state index contributed by atoms with van der Waals surface area (Å²) in [6, 6.07) is 42.3. The first-order valence-electron chi connectivity index (χ1n) is 9.51. The number of thioether (sulfide) groups is 1. The standard InChI is InChI=1S/C26H24PS.BrH/c1-28-26-19-17-22(18-20-26)21-27(23-11-5-2-6-12-23,24-13-7-3-8-14-24)25-15-9-4-10-16-25;/h2-20H,21H2,1H3;1H/q+1;/p-1. The monoisotopic (exact) mass is 478 g/mol. The molecule has 0 nitrogen and oxygen atoms in total. The SMILES string of the molecule is CSc1ccc(C[P+](c2ccccc2)(c2ccccc2)c2ccccc2)cc1.[Br-]. The third kappa shape index (κ3) is 4.67. The highest BCUT2D eigenvalue weighted by molar-refractivity contribution is 7.98. The van der Waals surface area contributed by atoms with E-state index < -0.39 is 7.26 Å². The van der Waals surface area contributed by atoms with Crippen molar-refractivity contribution in [1.29, 1.82) is 0 Å². The highest BCUT2D eigenvalue weighted by Crippen LogP contribution is 2.58. The van der Waals surface area contributed by atoms with Gasteiger partial charge in [0.15, 0.2) is 0 Å². The van der Waals surface area contributed by atoms with E-state index in [1.165, 1.54) is 26.4 Å². The van der Waals surface area contributed by atoms with Crippen molar-refractivity contribution in [2.75, 3.05) is 6.26 Å². The van der Waals surface area contributed by atoms with Crippen LogP contribution in [0.2, 0.25) is 0 Å². The van der Waals surface area contributed by atoms with Crippen LogP contribution in [-0.4, -0.2) is 6.26 Å². The van der Waals surface area contributed by atoms with Gasteiger partial charge in [0.1, 0.15) is 23.2 Å². The number of halogens is 1. The van der Waals surface area contributed by atoms with E-state index in [0.717, 1.165) is 6.16 Å². The fourth-order valence-electron chi connectivity index (χ4n) is 3.77. The minimum atomic E-state index is -1.81. The van der Waals surface area contributed by atoms with E-state index in [9.17, 15) is 0 Å². The van der Waals surface area contributed by atoms with Crippen LogP contribution < -0.4 is 32.9 Å². The molecule has 0 saturated heterocycles. The van der Waals surface area contributed by atoms with Crippen molar-refractivity contribution in [2.24, 2.45) is 0 Å². The highest BCUT2D eigenvalue weighted by Gasteiger charge is 2.45. The molecule has 0 atom stereocenters. The molecule has 29 heavy (non-hydrogen) atoms. The molecule has 0 radical (unpaired) electrons. The second-order valence-corrected chi connectivity index (χ2v) is 11.2. The van der Waals surface area contributed by atoms with E-state index in [0.29, 0.717) is 0 Å².